The van der Waals surface area contributed by atoms with Crippen molar-refractivity contribution >= 4 is 5.97 Å². The second-order valence-electron chi connectivity index (χ2n) is 6.28. The summed E-state index contributed by atoms with van der Waals surface area (Å²) in [6, 6.07) is 8.33. The summed E-state index contributed by atoms with van der Waals surface area (Å²) in [5.74, 6) is 0.315. The molecule has 2 nitrogen and oxygen atoms in total. The van der Waals surface area contributed by atoms with Crippen LogP contribution >= 0.6 is 0 Å². The van der Waals surface area contributed by atoms with E-state index in [0.29, 0.717) is 5.92 Å². The highest BCUT2D eigenvalue weighted by Crippen LogP contribution is 2.38. The minimum Gasteiger partial charge on any atom is -0.457 e. The summed E-state index contributed by atoms with van der Waals surface area (Å²) in [7, 11) is 0. The van der Waals surface area contributed by atoms with Gasteiger partial charge in [0, 0.05) is 0 Å². The fourth-order valence-corrected chi connectivity index (χ4v) is 2.48. The largest absolute Gasteiger partial charge is 0.457 e. The van der Waals surface area contributed by atoms with E-state index in [1.807, 2.05) is 26.8 Å². The molecule has 0 saturated carbocycles. The van der Waals surface area contributed by atoms with Gasteiger partial charge in [0.25, 0.3) is 0 Å². The maximum Gasteiger partial charge on any atom is 0.312 e. The van der Waals surface area contributed by atoms with E-state index in [1.165, 1.54) is 11.1 Å². The number of esters is 1. The number of fused-ring (bicyclic) bond motifs is 1. The zero-order valence-corrected chi connectivity index (χ0v) is 12.4. The van der Waals surface area contributed by atoms with E-state index in [0.717, 1.165) is 19.3 Å². The van der Waals surface area contributed by atoms with E-state index in [2.05, 4.69) is 25.1 Å². The Morgan fingerprint density at radius 1 is 1.37 bits per heavy atom. The third-order valence-electron chi connectivity index (χ3n) is 4.42. The molecule has 0 N–H and O–H groups in total. The number of benzene rings is 1. The fourth-order valence-electron chi connectivity index (χ4n) is 2.48. The predicted molar refractivity (Wildman–Crippen MR) is 76.8 cm³/mol. The molecule has 0 fully saturated rings. The average molecular weight is 260 g/mol. The molecule has 0 spiro atoms. The van der Waals surface area contributed by atoms with Gasteiger partial charge >= 0.3 is 5.97 Å². The van der Waals surface area contributed by atoms with Crippen molar-refractivity contribution in [3.63, 3.8) is 0 Å². The van der Waals surface area contributed by atoms with Crippen LogP contribution in [0.5, 0.6) is 0 Å². The lowest BCUT2D eigenvalue weighted by Crippen LogP contribution is -2.31. The standard InChI is InChI=1S/C17H24O2/c1-5-17(3,4)16(18)19-15-12(2)10-11-13-8-6-7-9-14(13)15/h6-9,12,15H,5,10-11H2,1-4H3. The molecular formula is C17H24O2. The number of aryl methyl sites for hydroxylation is 1. The van der Waals surface area contributed by atoms with E-state index in [1.54, 1.807) is 0 Å². The Bertz CT molecular complexity index is 462. The molecule has 0 bridgehead atoms. The van der Waals surface area contributed by atoms with Crippen LogP contribution in [0.2, 0.25) is 0 Å². The van der Waals surface area contributed by atoms with Crippen LogP contribution in [0.3, 0.4) is 0 Å². The molecule has 0 radical (unpaired) electrons. The molecule has 2 heteroatoms. The maximum atomic E-state index is 12.3. The summed E-state index contributed by atoms with van der Waals surface area (Å²) in [6.07, 6.45) is 2.89. The number of rotatable bonds is 3. The number of hydrogen-bond acceptors (Lipinski definition) is 2. The Labute approximate surface area is 116 Å². The lowest BCUT2D eigenvalue weighted by atomic mass is 9.82. The van der Waals surface area contributed by atoms with Crippen LogP contribution in [-0.4, -0.2) is 5.97 Å². The summed E-state index contributed by atoms with van der Waals surface area (Å²) in [5.41, 5.74) is 2.13. The van der Waals surface area contributed by atoms with Gasteiger partial charge in [0.15, 0.2) is 0 Å². The van der Waals surface area contributed by atoms with Crippen LogP contribution in [0, 0.1) is 11.3 Å². The van der Waals surface area contributed by atoms with Gasteiger partial charge in [-0.1, -0.05) is 38.1 Å². The van der Waals surface area contributed by atoms with Gasteiger partial charge in [-0.15, -0.1) is 0 Å². The van der Waals surface area contributed by atoms with E-state index in [-0.39, 0.29) is 12.1 Å². The van der Waals surface area contributed by atoms with Crippen LogP contribution in [0.1, 0.15) is 57.8 Å². The maximum absolute atomic E-state index is 12.3. The molecular weight excluding hydrogens is 236 g/mol. The molecule has 104 valence electrons. The van der Waals surface area contributed by atoms with Crippen LogP contribution in [0.4, 0.5) is 0 Å². The van der Waals surface area contributed by atoms with Gasteiger partial charge in [-0.05, 0) is 50.2 Å². The van der Waals surface area contributed by atoms with Crippen LogP contribution in [0.15, 0.2) is 24.3 Å². The summed E-state index contributed by atoms with van der Waals surface area (Å²) in [6.45, 7) is 8.11. The van der Waals surface area contributed by atoms with Crippen molar-refractivity contribution in [3.05, 3.63) is 35.4 Å². The molecule has 2 atom stereocenters. The van der Waals surface area contributed by atoms with Gasteiger partial charge in [0.2, 0.25) is 0 Å². The highest BCUT2D eigenvalue weighted by molar-refractivity contribution is 5.76. The topological polar surface area (TPSA) is 26.3 Å². The Balaban J connectivity index is 2.23. The number of carbonyl (C=O) groups is 1. The number of ether oxygens (including phenoxy) is 1. The first kappa shape index (κ1) is 14.1. The quantitative estimate of drug-likeness (QED) is 0.758. The molecule has 1 aromatic carbocycles. The Kier molecular flexibility index (Phi) is 3.98. The van der Waals surface area contributed by atoms with E-state index in [4.69, 9.17) is 4.74 Å². The van der Waals surface area contributed by atoms with Crippen LogP contribution < -0.4 is 0 Å². The Morgan fingerprint density at radius 3 is 2.74 bits per heavy atom. The van der Waals surface area contributed by atoms with Crippen molar-refractivity contribution in [2.45, 2.75) is 53.1 Å². The van der Waals surface area contributed by atoms with Crippen LogP contribution in [0.25, 0.3) is 0 Å². The van der Waals surface area contributed by atoms with Crippen molar-refractivity contribution in [1.29, 1.82) is 0 Å². The molecule has 1 aliphatic carbocycles. The summed E-state index contributed by atoms with van der Waals surface area (Å²) >= 11 is 0. The lowest BCUT2D eigenvalue weighted by Gasteiger charge is -2.33. The second kappa shape index (κ2) is 5.36. The average Bonchev–Trinajstić information content (AvgIpc) is 2.41. The van der Waals surface area contributed by atoms with Crippen molar-refractivity contribution in [1.82, 2.24) is 0 Å². The summed E-state index contributed by atoms with van der Waals surface area (Å²) in [5, 5.41) is 0. The van der Waals surface area contributed by atoms with Gasteiger partial charge in [-0.2, -0.15) is 0 Å². The Hall–Kier alpha value is -1.31. The molecule has 0 aliphatic heterocycles. The van der Waals surface area contributed by atoms with Crippen molar-refractivity contribution in [3.8, 4) is 0 Å². The normalized spacial score (nSPS) is 22.7. The molecule has 0 aromatic heterocycles. The van der Waals surface area contributed by atoms with E-state index >= 15 is 0 Å². The molecule has 2 rings (SSSR count). The zero-order chi connectivity index (χ0) is 14.0. The summed E-state index contributed by atoms with van der Waals surface area (Å²) < 4.78 is 5.85. The van der Waals surface area contributed by atoms with Gasteiger partial charge in [0.05, 0.1) is 5.41 Å². The molecule has 1 aliphatic rings. The van der Waals surface area contributed by atoms with E-state index in [9.17, 15) is 4.79 Å². The predicted octanol–water partition coefficient (Wildman–Crippen LogP) is 4.29. The third-order valence-corrected chi connectivity index (χ3v) is 4.42. The minimum atomic E-state index is -0.397. The smallest absolute Gasteiger partial charge is 0.312 e. The fraction of sp³-hybridized carbons (Fsp3) is 0.588. The molecule has 19 heavy (non-hydrogen) atoms. The van der Waals surface area contributed by atoms with Crippen molar-refractivity contribution < 1.29 is 9.53 Å². The highest BCUT2D eigenvalue weighted by atomic mass is 16.5. The first-order valence-electron chi connectivity index (χ1n) is 7.24. The van der Waals surface area contributed by atoms with Gasteiger partial charge in [0.1, 0.15) is 6.10 Å². The molecule has 1 aromatic rings. The monoisotopic (exact) mass is 260 g/mol. The first-order chi connectivity index (χ1) is 8.95. The number of hydrogen-bond donors (Lipinski definition) is 0. The van der Waals surface area contributed by atoms with Gasteiger partial charge in [-0.3, -0.25) is 4.79 Å². The van der Waals surface area contributed by atoms with Gasteiger partial charge < -0.3 is 4.74 Å². The lowest BCUT2D eigenvalue weighted by molar-refractivity contribution is -0.163. The van der Waals surface area contributed by atoms with Crippen molar-refractivity contribution in [2.75, 3.05) is 0 Å². The second-order valence-corrected chi connectivity index (χ2v) is 6.28. The summed E-state index contributed by atoms with van der Waals surface area (Å²) in [4.78, 5) is 12.3. The highest BCUT2D eigenvalue weighted by Gasteiger charge is 2.34. The van der Waals surface area contributed by atoms with Gasteiger partial charge in [-0.25, -0.2) is 0 Å². The van der Waals surface area contributed by atoms with Crippen LogP contribution in [-0.2, 0) is 16.0 Å². The van der Waals surface area contributed by atoms with Crippen molar-refractivity contribution in [2.24, 2.45) is 11.3 Å². The minimum absolute atomic E-state index is 0.0800. The molecule has 0 heterocycles. The zero-order valence-electron chi connectivity index (χ0n) is 12.4. The SMILES string of the molecule is CCC(C)(C)C(=O)OC1c2ccccc2CCC1C. The molecule has 0 amide bonds. The third kappa shape index (κ3) is 2.83. The first-order valence-corrected chi connectivity index (χ1v) is 7.24. The number of carbonyl (C=O) groups excluding carboxylic acids is 1. The molecule has 0 saturated heterocycles. The van der Waals surface area contributed by atoms with E-state index < -0.39 is 5.41 Å². The molecule has 2 unspecified atom stereocenters. The Morgan fingerprint density at radius 2 is 2.05 bits per heavy atom.